The van der Waals surface area contributed by atoms with Gasteiger partial charge in [-0.3, -0.25) is 33.9 Å². The molecular formula is C52H40N6O7. The van der Waals surface area contributed by atoms with Gasteiger partial charge in [0.15, 0.2) is 11.6 Å². The van der Waals surface area contributed by atoms with Crippen LogP contribution in [0.15, 0.2) is 207 Å². The second kappa shape index (κ2) is 22.5. The van der Waals surface area contributed by atoms with Crippen LogP contribution in [0.4, 0.5) is 22.7 Å². The summed E-state index contributed by atoms with van der Waals surface area (Å²) in [4.78, 5) is 79.9. The molecule has 8 rings (SSSR count). The first-order chi connectivity index (χ1) is 31.6. The van der Waals surface area contributed by atoms with E-state index in [1.54, 1.807) is 146 Å². The van der Waals surface area contributed by atoms with Crippen molar-refractivity contribution in [3.63, 3.8) is 0 Å². The predicted molar refractivity (Wildman–Crippen MR) is 249 cm³/mol. The first-order valence-electron chi connectivity index (χ1n) is 19.9. The van der Waals surface area contributed by atoms with Gasteiger partial charge in [-0.05, 0) is 72.8 Å². The average Bonchev–Trinajstić information content (AvgIpc) is 3.36. The Hall–Kier alpha value is -9.36. The molecule has 13 heteroatoms. The van der Waals surface area contributed by atoms with Crippen LogP contribution in [0.25, 0.3) is 0 Å². The van der Waals surface area contributed by atoms with E-state index in [0.717, 1.165) is 0 Å². The summed E-state index contributed by atoms with van der Waals surface area (Å²) >= 11 is 0. The van der Waals surface area contributed by atoms with Gasteiger partial charge < -0.3 is 26.8 Å². The van der Waals surface area contributed by atoms with E-state index in [9.17, 15) is 28.8 Å². The van der Waals surface area contributed by atoms with Gasteiger partial charge in [-0.25, -0.2) is 4.79 Å². The van der Waals surface area contributed by atoms with E-state index in [4.69, 9.17) is 10.8 Å². The van der Waals surface area contributed by atoms with Crippen molar-refractivity contribution in [2.75, 3.05) is 21.7 Å². The lowest BCUT2D eigenvalue weighted by molar-refractivity contribution is 0.0695. The summed E-state index contributed by atoms with van der Waals surface area (Å²) in [5.74, 6) is -2.07. The molecule has 0 bridgehead atoms. The topological polar surface area (TPSA) is 211 Å². The van der Waals surface area contributed by atoms with Crippen molar-refractivity contribution in [3.8, 4) is 0 Å². The number of anilines is 4. The fourth-order valence-corrected chi connectivity index (χ4v) is 5.95. The Morgan fingerprint density at radius 1 is 0.338 bits per heavy atom. The molecule has 0 spiro atoms. The van der Waals surface area contributed by atoms with Gasteiger partial charge in [0.05, 0.1) is 28.3 Å². The zero-order valence-corrected chi connectivity index (χ0v) is 34.5. The number of para-hydroxylation sites is 4. The number of pyridine rings is 2. The number of aromatic carboxylic acids is 1. The summed E-state index contributed by atoms with van der Waals surface area (Å²) in [5.41, 5.74) is 11.6. The van der Waals surface area contributed by atoms with Crippen molar-refractivity contribution >= 4 is 58.0 Å². The number of nitrogens with one attached hydrogen (secondary N) is 3. The van der Waals surface area contributed by atoms with Crippen molar-refractivity contribution in [2.45, 2.75) is 0 Å². The van der Waals surface area contributed by atoms with E-state index in [-0.39, 0.29) is 34.9 Å². The first-order valence-corrected chi connectivity index (χ1v) is 19.9. The van der Waals surface area contributed by atoms with Crippen molar-refractivity contribution in [3.05, 3.63) is 251 Å². The van der Waals surface area contributed by atoms with E-state index in [0.29, 0.717) is 61.7 Å². The highest BCUT2D eigenvalue weighted by Crippen LogP contribution is 2.23. The van der Waals surface area contributed by atoms with Crippen LogP contribution in [-0.4, -0.2) is 50.3 Å². The molecule has 0 unspecified atom stereocenters. The van der Waals surface area contributed by atoms with Crippen molar-refractivity contribution < 1.29 is 33.9 Å². The van der Waals surface area contributed by atoms with Gasteiger partial charge >= 0.3 is 5.97 Å². The molecule has 65 heavy (non-hydrogen) atoms. The zero-order chi connectivity index (χ0) is 46.0. The molecule has 2 aromatic heterocycles. The Bertz CT molecular complexity index is 2900. The van der Waals surface area contributed by atoms with Crippen LogP contribution in [0.3, 0.4) is 0 Å². The number of amides is 3. The fourth-order valence-electron chi connectivity index (χ4n) is 5.95. The largest absolute Gasteiger partial charge is 0.478 e. The summed E-state index contributed by atoms with van der Waals surface area (Å²) < 4.78 is 0. The number of ketones is 2. The number of carboxylic acids is 1. The Morgan fingerprint density at radius 3 is 1.02 bits per heavy atom. The lowest BCUT2D eigenvalue weighted by atomic mass is 10.0. The Morgan fingerprint density at radius 2 is 0.631 bits per heavy atom. The maximum absolute atomic E-state index is 12.8. The van der Waals surface area contributed by atoms with Crippen LogP contribution in [-0.2, 0) is 0 Å². The third kappa shape index (κ3) is 12.8. The number of nitrogens with two attached hydrogens (primary N) is 1. The van der Waals surface area contributed by atoms with E-state index in [1.807, 2.05) is 24.3 Å². The number of hydrogen-bond donors (Lipinski definition) is 5. The first kappa shape index (κ1) is 45.2. The number of nitrogen functional groups attached to an aromatic ring is 1. The highest BCUT2D eigenvalue weighted by Gasteiger charge is 2.15. The van der Waals surface area contributed by atoms with Gasteiger partial charge in [-0.15, -0.1) is 0 Å². The van der Waals surface area contributed by atoms with Crippen LogP contribution in [0.1, 0.15) is 73.3 Å². The highest BCUT2D eigenvalue weighted by atomic mass is 16.4. The molecule has 0 saturated heterocycles. The summed E-state index contributed by atoms with van der Waals surface area (Å²) in [5, 5.41) is 17.1. The smallest absolute Gasteiger partial charge is 0.335 e. The van der Waals surface area contributed by atoms with Crippen molar-refractivity contribution in [2.24, 2.45) is 0 Å². The zero-order valence-electron chi connectivity index (χ0n) is 34.5. The molecule has 6 aromatic carbocycles. The molecular weight excluding hydrogens is 821 g/mol. The molecule has 0 fully saturated rings. The van der Waals surface area contributed by atoms with Gasteiger partial charge in [0.25, 0.3) is 17.7 Å². The van der Waals surface area contributed by atoms with Crippen molar-refractivity contribution in [1.82, 2.24) is 9.97 Å². The molecule has 8 aromatic rings. The minimum Gasteiger partial charge on any atom is -0.478 e. The average molecular weight is 861 g/mol. The molecule has 0 aliphatic carbocycles. The Balaban J connectivity index is 0.000000178. The van der Waals surface area contributed by atoms with E-state index in [1.165, 1.54) is 36.7 Å². The van der Waals surface area contributed by atoms with Crippen LogP contribution in [0.2, 0.25) is 0 Å². The number of carboxylic acid groups (broad SMARTS) is 1. The Kier molecular flexibility index (Phi) is 15.6. The number of aromatic nitrogens is 2. The van der Waals surface area contributed by atoms with E-state index < -0.39 is 5.97 Å². The summed E-state index contributed by atoms with van der Waals surface area (Å²) in [6.07, 6.45) is 6.22. The second-order valence-corrected chi connectivity index (χ2v) is 13.8. The molecule has 13 nitrogen and oxygen atoms in total. The van der Waals surface area contributed by atoms with Gasteiger partial charge in [0.2, 0.25) is 0 Å². The molecule has 320 valence electrons. The van der Waals surface area contributed by atoms with Crippen LogP contribution >= 0.6 is 0 Å². The molecule has 0 aliphatic heterocycles. The van der Waals surface area contributed by atoms with Crippen LogP contribution in [0.5, 0.6) is 0 Å². The highest BCUT2D eigenvalue weighted by molar-refractivity contribution is 6.12. The fraction of sp³-hybridized carbons (Fsp3) is 0. The van der Waals surface area contributed by atoms with Gasteiger partial charge in [0, 0.05) is 63.7 Å². The molecule has 0 atom stereocenters. The van der Waals surface area contributed by atoms with Crippen molar-refractivity contribution in [1.29, 1.82) is 0 Å². The standard InChI is InChI=1S/C26H19N3O3.C14H10O3.C12H11N3O/c30-24(18-6-2-1-3-7-18)19-10-12-20(13-11-19)25(31)28-22-8-4-5-9-23(22)29-26(32)21-14-16-27-17-15-21;15-13(10-4-2-1-3-5-10)11-6-8-12(9-7-11)14(16)17;13-10-3-1-2-4-11(10)15-12(16)9-5-7-14-8-6-9/h1-17H,(H,28,31)(H,29,32);1-9H,(H,16,17);1-8H,13H2,(H,15,16). The number of carbonyl (C=O) groups is 6. The molecule has 0 saturated carbocycles. The number of rotatable bonds is 11. The molecule has 3 amide bonds. The summed E-state index contributed by atoms with van der Waals surface area (Å²) in [6, 6.07) is 50.8. The SMILES string of the molecule is Nc1ccccc1NC(=O)c1ccncc1.O=C(Nc1ccccc1NC(=O)c1ccc(C(=O)c2ccccc2)cc1)c1ccncc1.O=C(O)c1ccc(C(=O)c2ccccc2)cc1. The third-order valence-electron chi connectivity index (χ3n) is 9.39. The molecule has 0 aliphatic rings. The summed E-state index contributed by atoms with van der Waals surface area (Å²) in [7, 11) is 0. The van der Waals surface area contributed by atoms with Gasteiger partial charge in [-0.1, -0.05) is 109 Å². The minimum atomic E-state index is -0.997. The molecule has 0 radical (unpaired) electrons. The maximum Gasteiger partial charge on any atom is 0.335 e. The second-order valence-electron chi connectivity index (χ2n) is 13.8. The number of hydrogen-bond acceptors (Lipinski definition) is 9. The van der Waals surface area contributed by atoms with E-state index >= 15 is 0 Å². The number of nitrogens with zero attached hydrogens (tertiary/aromatic N) is 2. The molecule has 2 heterocycles. The van der Waals surface area contributed by atoms with Gasteiger partial charge in [-0.2, -0.15) is 0 Å². The lowest BCUT2D eigenvalue weighted by Gasteiger charge is -2.12. The monoisotopic (exact) mass is 860 g/mol. The third-order valence-corrected chi connectivity index (χ3v) is 9.39. The summed E-state index contributed by atoms with van der Waals surface area (Å²) in [6.45, 7) is 0. The quantitative estimate of drug-likeness (QED) is 0.0614. The normalized spacial score (nSPS) is 10.0. The molecule has 6 N–H and O–H groups in total. The number of carbonyl (C=O) groups excluding carboxylic acids is 5. The predicted octanol–water partition coefficient (Wildman–Crippen LogP) is 9.35. The maximum atomic E-state index is 12.8. The van der Waals surface area contributed by atoms with E-state index in [2.05, 4.69) is 25.9 Å². The van der Waals surface area contributed by atoms with Gasteiger partial charge in [0.1, 0.15) is 0 Å². The van der Waals surface area contributed by atoms with Crippen LogP contribution in [0, 0.1) is 0 Å². The van der Waals surface area contributed by atoms with Crippen LogP contribution < -0.4 is 21.7 Å². The minimum absolute atomic E-state index is 0.109. The Labute approximate surface area is 373 Å². The number of benzene rings is 6. The lowest BCUT2D eigenvalue weighted by Crippen LogP contribution is -2.17.